The molecule has 0 radical (unpaired) electrons. The molecule has 142 valence electrons. The Balaban J connectivity index is 1.77. The first-order valence-corrected chi connectivity index (χ1v) is 9.04. The van der Waals surface area contributed by atoms with E-state index in [-0.39, 0.29) is 25.5 Å². The van der Waals surface area contributed by atoms with Crippen LogP contribution in [0.2, 0.25) is 0 Å². The third-order valence-electron chi connectivity index (χ3n) is 4.36. The zero-order valence-corrected chi connectivity index (χ0v) is 15.6. The van der Waals surface area contributed by atoms with Gasteiger partial charge < -0.3 is 14.1 Å². The van der Waals surface area contributed by atoms with Gasteiger partial charge in [-0.05, 0) is 36.2 Å². The van der Waals surface area contributed by atoms with Gasteiger partial charge in [-0.2, -0.15) is 5.26 Å². The summed E-state index contributed by atoms with van der Waals surface area (Å²) in [6.45, 7) is 2.06. The standard InChI is InChI=1S/C22H20N2O4/c1-2-16-13-22(26)28-20-14-18(9-10-19(16)20)27-15-21(25)24(12-6-11-23)17-7-4-3-5-8-17/h3-5,7-10,13-14H,2,6,12,15H2,1H3. The fourth-order valence-electron chi connectivity index (χ4n) is 2.98. The summed E-state index contributed by atoms with van der Waals surface area (Å²) in [4.78, 5) is 25.9. The maximum Gasteiger partial charge on any atom is 0.336 e. The molecule has 0 unspecified atom stereocenters. The lowest BCUT2D eigenvalue weighted by Gasteiger charge is -2.21. The minimum atomic E-state index is -0.413. The van der Waals surface area contributed by atoms with Gasteiger partial charge in [-0.3, -0.25) is 4.79 Å². The lowest BCUT2D eigenvalue weighted by molar-refractivity contribution is -0.120. The second kappa shape index (κ2) is 8.87. The molecule has 1 amide bonds. The maximum absolute atomic E-state index is 12.7. The van der Waals surface area contributed by atoms with E-state index >= 15 is 0 Å². The van der Waals surface area contributed by atoms with Gasteiger partial charge in [-0.15, -0.1) is 0 Å². The highest BCUT2D eigenvalue weighted by atomic mass is 16.5. The van der Waals surface area contributed by atoms with Crippen molar-refractivity contribution >= 4 is 22.6 Å². The van der Waals surface area contributed by atoms with Gasteiger partial charge in [-0.25, -0.2) is 4.79 Å². The van der Waals surface area contributed by atoms with Crippen LogP contribution in [0.25, 0.3) is 11.0 Å². The molecule has 0 spiro atoms. The predicted octanol–water partition coefficient (Wildman–Crippen LogP) is 3.68. The molecule has 3 aromatic rings. The van der Waals surface area contributed by atoms with E-state index in [9.17, 15) is 9.59 Å². The largest absolute Gasteiger partial charge is 0.484 e. The first kappa shape index (κ1) is 19.2. The molecule has 0 saturated carbocycles. The van der Waals surface area contributed by atoms with Crippen molar-refractivity contribution < 1.29 is 13.9 Å². The Labute approximate surface area is 162 Å². The van der Waals surface area contributed by atoms with Gasteiger partial charge in [0.25, 0.3) is 5.91 Å². The summed E-state index contributed by atoms with van der Waals surface area (Å²) >= 11 is 0. The quantitative estimate of drug-likeness (QED) is 0.587. The molecule has 1 heterocycles. The fraction of sp³-hybridized carbons (Fsp3) is 0.227. The van der Waals surface area contributed by atoms with Crippen LogP contribution in [0.1, 0.15) is 18.9 Å². The number of ether oxygens (including phenoxy) is 1. The van der Waals surface area contributed by atoms with Crippen LogP contribution in [-0.4, -0.2) is 19.1 Å². The van der Waals surface area contributed by atoms with Crippen molar-refractivity contribution in [3.05, 3.63) is 70.6 Å². The first-order chi connectivity index (χ1) is 13.6. The highest BCUT2D eigenvalue weighted by Gasteiger charge is 2.16. The molecule has 0 aliphatic heterocycles. The normalized spacial score (nSPS) is 10.4. The third-order valence-corrected chi connectivity index (χ3v) is 4.36. The van der Waals surface area contributed by atoms with Crippen LogP contribution in [0.5, 0.6) is 5.75 Å². The summed E-state index contributed by atoms with van der Waals surface area (Å²) in [5, 5.41) is 9.71. The van der Waals surface area contributed by atoms with E-state index < -0.39 is 5.63 Å². The first-order valence-electron chi connectivity index (χ1n) is 9.04. The second-order valence-corrected chi connectivity index (χ2v) is 6.18. The van der Waals surface area contributed by atoms with Crippen LogP contribution in [0.3, 0.4) is 0 Å². The van der Waals surface area contributed by atoms with Crippen molar-refractivity contribution in [1.82, 2.24) is 0 Å². The molecule has 0 fully saturated rings. The van der Waals surface area contributed by atoms with Gasteiger partial charge in [0.1, 0.15) is 11.3 Å². The van der Waals surface area contributed by atoms with Crippen molar-refractivity contribution in [2.45, 2.75) is 19.8 Å². The van der Waals surface area contributed by atoms with E-state index in [2.05, 4.69) is 6.07 Å². The SMILES string of the molecule is CCc1cc(=O)oc2cc(OCC(=O)N(CCC#N)c3ccccc3)ccc12. The molecule has 1 aromatic heterocycles. The molecule has 0 N–H and O–H groups in total. The van der Waals surface area contributed by atoms with Gasteiger partial charge in [0.2, 0.25) is 0 Å². The van der Waals surface area contributed by atoms with Crippen molar-refractivity contribution in [3.8, 4) is 11.8 Å². The summed E-state index contributed by atoms with van der Waals surface area (Å²) in [7, 11) is 0. The van der Waals surface area contributed by atoms with Gasteiger partial charge in [0.05, 0.1) is 12.5 Å². The summed E-state index contributed by atoms with van der Waals surface area (Å²) in [5.41, 5.74) is 1.63. The van der Waals surface area contributed by atoms with E-state index in [1.807, 2.05) is 43.3 Å². The molecular weight excluding hydrogens is 356 g/mol. The number of aryl methyl sites for hydroxylation is 1. The number of carbonyl (C=O) groups excluding carboxylic acids is 1. The summed E-state index contributed by atoms with van der Waals surface area (Å²) in [6.07, 6.45) is 0.938. The second-order valence-electron chi connectivity index (χ2n) is 6.18. The predicted molar refractivity (Wildman–Crippen MR) is 106 cm³/mol. The van der Waals surface area contributed by atoms with E-state index in [1.54, 1.807) is 12.1 Å². The summed E-state index contributed by atoms with van der Waals surface area (Å²) in [6, 6.07) is 17.9. The Hall–Kier alpha value is -3.59. The molecule has 0 aliphatic carbocycles. The molecule has 0 saturated heterocycles. The molecule has 0 aliphatic rings. The number of para-hydroxylation sites is 1. The lowest BCUT2D eigenvalue weighted by atomic mass is 10.1. The molecule has 6 nitrogen and oxygen atoms in total. The zero-order valence-electron chi connectivity index (χ0n) is 15.6. The Morgan fingerprint density at radius 1 is 1.18 bits per heavy atom. The number of fused-ring (bicyclic) bond motifs is 1. The number of benzene rings is 2. The topological polar surface area (TPSA) is 83.5 Å². The Morgan fingerprint density at radius 3 is 2.68 bits per heavy atom. The van der Waals surface area contributed by atoms with Gasteiger partial charge >= 0.3 is 5.63 Å². The molecule has 2 aromatic carbocycles. The lowest BCUT2D eigenvalue weighted by Crippen LogP contribution is -2.35. The minimum Gasteiger partial charge on any atom is -0.484 e. The molecule has 6 heteroatoms. The smallest absolute Gasteiger partial charge is 0.336 e. The van der Waals surface area contributed by atoms with Crippen LogP contribution in [0.15, 0.2) is 63.8 Å². The third kappa shape index (κ3) is 4.38. The average Bonchev–Trinajstić information content (AvgIpc) is 2.72. The number of carbonyl (C=O) groups is 1. The number of anilines is 1. The monoisotopic (exact) mass is 376 g/mol. The van der Waals surface area contributed by atoms with E-state index in [1.165, 1.54) is 11.0 Å². The van der Waals surface area contributed by atoms with Crippen molar-refractivity contribution in [2.24, 2.45) is 0 Å². The summed E-state index contributed by atoms with van der Waals surface area (Å²) in [5.74, 6) is 0.177. The number of rotatable bonds is 7. The Bertz CT molecular complexity index is 1070. The number of hydrogen-bond acceptors (Lipinski definition) is 5. The number of hydrogen-bond donors (Lipinski definition) is 0. The number of amides is 1. The Morgan fingerprint density at radius 2 is 1.96 bits per heavy atom. The van der Waals surface area contributed by atoms with Crippen molar-refractivity contribution in [3.63, 3.8) is 0 Å². The van der Waals surface area contributed by atoms with Gasteiger partial charge in [0, 0.05) is 29.8 Å². The molecule has 28 heavy (non-hydrogen) atoms. The zero-order chi connectivity index (χ0) is 19.9. The van der Waals surface area contributed by atoms with Gasteiger partial charge in [0.15, 0.2) is 6.61 Å². The van der Waals surface area contributed by atoms with E-state index in [4.69, 9.17) is 14.4 Å². The number of nitriles is 1. The summed E-state index contributed by atoms with van der Waals surface area (Å²) < 4.78 is 10.9. The van der Waals surface area contributed by atoms with Gasteiger partial charge in [-0.1, -0.05) is 25.1 Å². The number of nitrogens with zero attached hydrogens (tertiary/aromatic N) is 2. The van der Waals surface area contributed by atoms with Crippen molar-refractivity contribution in [2.75, 3.05) is 18.1 Å². The van der Waals surface area contributed by atoms with E-state index in [0.29, 0.717) is 23.4 Å². The van der Waals surface area contributed by atoms with Crippen LogP contribution in [0.4, 0.5) is 5.69 Å². The highest BCUT2D eigenvalue weighted by Crippen LogP contribution is 2.23. The highest BCUT2D eigenvalue weighted by molar-refractivity contribution is 5.94. The minimum absolute atomic E-state index is 0.191. The van der Waals surface area contributed by atoms with Crippen LogP contribution in [0, 0.1) is 11.3 Å². The molecule has 0 atom stereocenters. The molecule has 3 rings (SSSR count). The maximum atomic E-state index is 12.7. The van der Waals surface area contributed by atoms with Crippen molar-refractivity contribution in [1.29, 1.82) is 5.26 Å². The van der Waals surface area contributed by atoms with Crippen LogP contribution < -0.4 is 15.3 Å². The molecular formula is C22H20N2O4. The van der Waals surface area contributed by atoms with Crippen LogP contribution in [-0.2, 0) is 11.2 Å². The van der Waals surface area contributed by atoms with E-state index in [0.717, 1.165) is 10.9 Å². The molecule has 0 bridgehead atoms. The Kier molecular flexibility index (Phi) is 6.07. The fourth-order valence-corrected chi connectivity index (χ4v) is 2.98. The van der Waals surface area contributed by atoms with Crippen LogP contribution >= 0.6 is 0 Å². The average molecular weight is 376 g/mol.